The number of nitrogens with two attached hydrogens (primary N) is 1. The Morgan fingerprint density at radius 2 is 2.20 bits per heavy atom. The molecule has 0 bridgehead atoms. The summed E-state index contributed by atoms with van der Waals surface area (Å²) in [4.78, 5) is 15.9. The van der Waals surface area contributed by atoms with Crippen molar-refractivity contribution in [1.29, 1.82) is 0 Å². The summed E-state index contributed by atoms with van der Waals surface area (Å²) >= 11 is 0. The molecule has 3 aromatic heterocycles. The largest absolute Gasteiger partial charge is 0.383 e. The summed E-state index contributed by atoms with van der Waals surface area (Å²) in [5.74, 6) is 0.509. The Labute approximate surface area is 176 Å². The number of likely N-dealkylation sites (tertiary alicyclic amines) is 1. The van der Waals surface area contributed by atoms with E-state index in [4.69, 9.17) is 10.7 Å². The van der Waals surface area contributed by atoms with E-state index in [9.17, 15) is 0 Å². The first-order chi connectivity index (χ1) is 14.7. The molecule has 0 spiro atoms. The predicted molar refractivity (Wildman–Crippen MR) is 122 cm³/mol. The molecular weight excluding hydrogens is 372 g/mol. The Bertz CT molecular complexity index is 1190. The minimum absolute atomic E-state index is 0.308. The molecule has 2 N–H and O–H groups in total. The quantitative estimate of drug-likeness (QED) is 0.661. The average molecular weight is 399 g/mol. The monoisotopic (exact) mass is 398 g/mol. The minimum Gasteiger partial charge on any atom is -0.383 e. The van der Waals surface area contributed by atoms with Gasteiger partial charge in [-0.25, -0.2) is 9.97 Å². The zero-order valence-electron chi connectivity index (χ0n) is 17.3. The van der Waals surface area contributed by atoms with Crippen LogP contribution >= 0.6 is 0 Å². The van der Waals surface area contributed by atoms with Crippen LogP contribution in [-0.2, 0) is 6.42 Å². The summed E-state index contributed by atoms with van der Waals surface area (Å²) in [7, 11) is 0. The number of fused-ring (bicyclic) bond motifs is 2. The van der Waals surface area contributed by atoms with E-state index in [1.807, 2.05) is 19.2 Å². The number of nitrogens with zero attached hydrogens (tertiary/aromatic N) is 5. The molecule has 3 aromatic rings. The molecule has 1 saturated heterocycles. The standard InChI is InChI=1S/C24H26N6/c1-3-6-16(2)29-10-9-19(13-29)30-14-20(22-23(25)27-15-28-24(22)30)18-11-17-7-4-5-8-21(17)26-12-18/h3-4,6-7,11-12,14-15,19H,2,5,8-10,13H2,1H3,(H2,25,27,28)/b6-3+. The summed E-state index contributed by atoms with van der Waals surface area (Å²) < 4.78 is 2.26. The first-order valence-corrected chi connectivity index (χ1v) is 10.5. The first kappa shape index (κ1) is 18.6. The van der Waals surface area contributed by atoms with Gasteiger partial charge in [0.25, 0.3) is 0 Å². The van der Waals surface area contributed by atoms with Gasteiger partial charge in [-0.05, 0) is 43.9 Å². The summed E-state index contributed by atoms with van der Waals surface area (Å²) in [5, 5.41) is 0.907. The Hall–Kier alpha value is -3.41. The summed E-state index contributed by atoms with van der Waals surface area (Å²) in [6.45, 7) is 8.10. The van der Waals surface area contributed by atoms with Gasteiger partial charge in [-0.1, -0.05) is 24.8 Å². The van der Waals surface area contributed by atoms with E-state index >= 15 is 0 Å². The van der Waals surface area contributed by atoms with Crippen LogP contribution in [0.1, 0.15) is 37.1 Å². The zero-order chi connectivity index (χ0) is 20.7. The van der Waals surface area contributed by atoms with Crippen LogP contribution < -0.4 is 5.73 Å². The highest BCUT2D eigenvalue weighted by Crippen LogP contribution is 2.37. The lowest BCUT2D eigenvalue weighted by atomic mass is 9.99. The molecule has 1 aliphatic carbocycles. The fourth-order valence-electron chi connectivity index (χ4n) is 4.57. The van der Waals surface area contributed by atoms with E-state index in [1.54, 1.807) is 6.33 Å². The molecule has 5 rings (SSSR count). The SMILES string of the molecule is C=C(/C=C/C)N1CCC(n2cc(-c3cnc4c(c3)C=CCC4)c3c(N)ncnc32)C1. The number of aromatic nitrogens is 4. The molecule has 0 amide bonds. The van der Waals surface area contributed by atoms with Crippen LogP contribution in [0.5, 0.6) is 0 Å². The number of hydrogen-bond donors (Lipinski definition) is 1. The normalized spacial score (nSPS) is 18.4. The van der Waals surface area contributed by atoms with E-state index in [-0.39, 0.29) is 0 Å². The van der Waals surface area contributed by atoms with Crippen molar-refractivity contribution in [2.24, 2.45) is 0 Å². The Morgan fingerprint density at radius 3 is 3.07 bits per heavy atom. The Balaban J connectivity index is 1.58. The van der Waals surface area contributed by atoms with Gasteiger partial charge < -0.3 is 15.2 Å². The molecule has 6 nitrogen and oxygen atoms in total. The number of aryl methyl sites for hydroxylation is 1. The van der Waals surface area contributed by atoms with Crippen molar-refractivity contribution in [3.8, 4) is 11.1 Å². The minimum atomic E-state index is 0.308. The lowest BCUT2D eigenvalue weighted by Crippen LogP contribution is -2.19. The third-order valence-electron chi connectivity index (χ3n) is 6.12. The molecule has 1 unspecified atom stereocenters. The summed E-state index contributed by atoms with van der Waals surface area (Å²) in [6.07, 6.45) is 17.2. The molecule has 2 aliphatic rings. The lowest BCUT2D eigenvalue weighted by Gasteiger charge is -2.19. The van der Waals surface area contributed by atoms with Crippen LogP contribution in [0.25, 0.3) is 28.2 Å². The Morgan fingerprint density at radius 1 is 1.30 bits per heavy atom. The molecule has 152 valence electrons. The summed E-state index contributed by atoms with van der Waals surface area (Å²) in [6, 6.07) is 2.52. The van der Waals surface area contributed by atoms with Gasteiger partial charge in [0.1, 0.15) is 17.8 Å². The molecule has 0 radical (unpaired) electrons. The molecule has 6 heteroatoms. The second-order valence-corrected chi connectivity index (χ2v) is 7.99. The van der Waals surface area contributed by atoms with Gasteiger partial charge in [0.2, 0.25) is 0 Å². The first-order valence-electron chi connectivity index (χ1n) is 10.5. The smallest absolute Gasteiger partial charge is 0.146 e. The van der Waals surface area contributed by atoms with Gasteiger partial charge >= 0.3 is 0 Å². The average Bonchev–Trinajstić information content (AvgIpc) is 3.39. The van der Waals surface area contributed by atoms with Crippen LogP contribution in [0.2, 0.25) is 0 Å². The molecule has 0 aromatic carbocycles. The highest BCUT2D eigenvalue weighted by atomic mass is 15.2. The van der Waals surface area contributed by atoms with Gasteiger partial charge in [-0.15, -0.1) is 0 Å². The third kappa shape index (κ3) is 3.09. The van der Waals surface area contributed by atoms with Crippen LogP contribution in [0.3, 0.4) is 0 Å². The molecule has 1 fully saturated rings. The molecule has 30 heavy (non-hydrogen) atoms. The fraction of sp³-hybridized carbons (Fsp3) is 0.292. The molecule has 4 heterocycles. The number of allylic oxidation sites excluding steroid dienone is 3. The van der Waals surface area contributed by atoms with Crippen molar-refractivity contribution in [2.75, 3.05) is 18.8 Å². The molecule has 1 atom stereocenters. The van der Waals surface area contributed by atoms with E-state index in [0.29, 0.717) is 11.9 Å². The second-order valence-electron chi connectivity index (χ2n) is 7.99. The Kier molecular flexibility index (Phi) is 4.62. The van der Waals surface area contributed by atoms with Crippen LogP contribution in [0.4, 0.5) is 5.82 Å². The van der Waals surface area contributed by atoms with Gasteiger partial charge in [0, 0.05) is 48.0 Å². The van der Waals surface area contributed by atoms with Crippen LogP contribution in [0, 0.1) is 0 Å². The summed E-state index contributed by atoms with van der Waals surface area (Å²) in [5.41, 5.74) is 12.7. The lowest BCUT2D eigenvalue weighted by molar-refractivity contribution is 0.416. The fourth-order valence-corrected chi connectivity index (χ4v) is 4.57. The van der Waals surface area contributed by atoms with Gasteiger partial charge in [-0.2, -0.15) is 0 Å². The maximum Gasteiger partial charge on any atom is 0.146 e. The van der Waals surface area contributed by atoms with Crippen LogP contribution in [0.15, 0.2) is 55.3 Å². The van der Waals surface area contributed by atoms with Crippen molar-refractivity contribution in [2.45, 2.75) is 32.2 Å². The van der Waals surface area contributed by atoms with Crippen molar-refractivity contribution in [3.05, 3.63) is 66.5 Å². The number of pyridine rings is 1. The van der Waals surface area contributed by atoms with Crippen LogP contribution in [-0.4, -0.2) is 37.5 Å². The number of nitrogen functional groups attached to an aromatic ring is 1. The number of rotatable bonds is 4. The van der Waals surface area contributed by atoms with Crippen molar-refractivity contribution in [1.82, 2.24) is 24.4 Å². The third-order valence-corrected chi connectivity index (χ3v) is 6.12. The van der Waals surface area contributed by atoms with Gasteiger partial charge in [0.15, 0.2) is 0 Å². The van der Waals surface area contributed by atoms with Gasteiger partial charge in [-0.3, -0.25) is 4.98 Å². The van der Waals surface area contributed by atoms with Crippen molar-refractivity contribution >= 4 is 22.9 Å². The van der Waals surface area contributed by atoms with E-state index in [0.717, 1.165) is 65.9 Å². The second kappa shape index (κ2) is 7.44. The maximum absolute atomic E-state index is 6.33. The molecular formula is C24H26N6. The van der Waals surface area contributed by atoms with Crippen molar-refractivity contribution in [3.63, 3.8) is 0 Å². The molecule has 1 aliphatic heterocycles. The zero-order valence-corrected chi connectivity index (χ0v) is 17.3. The predicted octanol–water partition coefficient (Wildman–Crippen LogP) is 4.37. The van der Waals surface area contributed by atoms with Crippen molar-refractivity contribution < 1.29 is 0 Å². The topological polar surface area (TPSA) is 72.9 Å². The highest BCUT2D eigenvalue weighted by Gasteiger charge is 2.27. The number of anilines is 1. The van der Waals surface area contributed by atoms with E-state index < -0.39 is 0 Å². The van der Waals surface area contributed by atoms with E-state index in [1.165, 1.54) is 5.56 Å². The van der Waals surface area contributed by atoms with Gasteiger partial charge in [0.05, 0.1) is 11.4 Å². The highest BCUT2D eigenvalue weighted by molar-refractivity contribution is 6.00. The number of hydrogen-bond acceptors (Lipinski definition) is 5. The molecule has 0 saturated carbocycles. The van der Waals surface area contributed by atoms with E-state index in [2.05, 4.69) is 56.5 Å². The maximum atomic E-state index is 6.33.